The Bertz CT molecular complexity index is 376. The van der Waals surface area contributed by atoms with Gasteiger partial charge >= 0.3 is 0 Å². The average Bonchev–Trinajstić information content (AvgIpc) is 2.76. The van der Waals surface area contributed by atoms with Gasteiger partial charge in [0.25, 0.3) is 0 Å². The second-order valence-corrected chi connectivity index (χ2v) is 7.94. The summed E-state index contributed by atoms with van der Waals surface area (Å²) < 4.78 is 35.8. The second kappa shape index (κ2) is 5.45. The van der Waals surface area contributed by atoms with Crippen molar-refractivity contribution < 1.29 is 17.9 Å². The molecule has 0 aromatic heterocycles. The van der Waals surface area contributed by atoms with Crippen molar-refractivity contribution in [3.8, 4) is 0 Å². The largest absolute Gasteiger partial charge is 0.378 e. The van der Waals surface area contributed by atoms with Crippen molar-refractivity contribution in [2.75, 3.05) is 32.1 Å². The van der Waals surface area contributed by atoms with Crippen LogP contribution in [0.2, 0.25) is 0 Å². The van der Waals surface area contributed by atoms with Gasteiger partial charge in [0.2, 0.25) is 0 Å². The molecule has 2 fully saturated rings. The molecule has 0 saturated carbocycles. The molecule has 2 heterocycles. The molecule has 3 unspecified atom stereocenters. The predicted octanol–water partition coefficient (Wildman–Crippen LogP) is 0.334. The van der Waals surface area contributed by atoms with E-state index in [1.807, 2.05) is 6.92 Å². The number of nitrogens with two attached hydrogens (primary N) is 1. The van der Waals surface area contributed by atoms with E-state index in [4.69, 9.17) is 15.2 Å². The van der Waals surface area contributed by atoms with Crippen LogP contribution in [0.5, 0.6) is 0 Å². The molecule has 2 saturated heterocycles. The number of hydrogen-bond donors (Lipinski definition) is 1. The van der Waals surface area contributed by atoms with E-state index < -0.39 is 9.84 Å². The first-order valence-corrected chi connectivity index (χ1v) is 8.32. The van der Waals surface area contributed by atoms with Gasteiger partial charge < -0.3 is 15.2 Å². The molecule has 6 heteroatoms. The number of rotatable bonds is 4. The summed E-state index contributed by atoms with van der Waals surface area (Å²) in [5, 5.41) is -0.290. The first-order valence-electron chi connectivity index (χ1n) is 6.61. The van der Waals surface area contributed by atoms with Gasteiger partial charge in [0.1, 0.15) is 0 Å². The van der Waals surface area contributed by atoms with Crippen molar-refractivity contribution in [2.45, 2.75) is 37.0 Å². The molecule has 0 aromatic carbocycles. The van der Waals surface area contributed by atoms with E-state index in [1.54, 1.807) is 0 Å². The summed E-state index contributed by atoms with van der Waals surface area (Å²) >= 11 is 0. The predicted molar refractivity (Wildman–Crippen MR) is 69.1 cm³/mol. The quantitative estimate of drug-likeness (QED) is 0.801. The van der Waals surface area contributed by atoms with Crippen LogP contribution in [0.1, 0.15) is 26.2 Å². The molecule has 106 valence electrons. The lowest BCUT2D eigenvalue weighted by atomic mass is 9.93. The lowest BCUT2D eigenvalue weighted by Gasteiger charge is -2.37. The van der Waals surface area contributed by atoms with Crippen molar-refractivity contribution in [3.05, 3.63) is 0 Å². The van der Waals surface area contributed by atoms with E-state index in [1.165, 1.54) is 0 Å². The van der Waals surface area contributed by atoms with Crippen molar-refractivity contribution in [2.24, 2.45) is 11.7 Å². The Kier molecular flexibility index (Phi) is 4.31. The maximum absolute atomic E-state index is 12.3. The number of hydrogen-bond acceptors (Lipinski definition) is 5. The van der Waals surface area contributed by atoms with E-state index >= 15 is 0 Å². The summed E-state index contributed by atoms with van der Waals surface area (Å²) in [6, 6.07) is 0. The fourth-order valence-corrected chi connectivity index (χ4v) is 4.97. The molecule has 2 N–H and O–H groups in total. The zero-order valence-electron chi connectivity index (χ0n) is 10.9. The second-order valence-electron chi connectivity index (χ2n) is 5.62. The summed E-state index contributed by atoms with van der Waals surface area (Å²) in [4.78, 5) is 0. The lowest BCUT2D eigenvalue weighted by Crippen LogP contribution is -2.46. The van der Waals surface area contributed by atoms with Gasteiger partial charge in [0.05, 0.1) is 23.2 Å². The molecule has 2 aliphatic rings. The Morgan fingerprint density at radius 2 is 2.22 bits per heavy atom. The van der Waals surface area contributed by atoms with E-state index in [-0.39, 0.29) is 22.5 Å². The van der Waals surface area contributed by atoms with Crippen LogP contribution in [0.25, 0.3) is 0 Å². The lowest BCUT2D eigenvalue weighted by molar-refractivity contribution is -0.0778. The van der Waals surface area contributed by atoms with Crippen molar-refractivity contribution in [1.29, 1.82) is 0 Å². The first kappa shape index (κ1) is 14.2. The van der Waals surface area contributed by atoms with Crippen LogP contribution in [0.3, 0.4) is 0 Å². The van der Waals surface area contributed by atoms with Crippen LogP contribution in [-0.4, -0.2) is 51.4 Å². The summed E-state index contributed by atoms with van der Waals surface area (Å²) in [5.41, 5.74) is 5.17. The standard InChI is InChI=1S/C12H23NO4S/c1-10(7-13)8-18(14,15)11-2-4-17-12(6-11)3-5-16-9-12/h10-11H,2-9,13H2,1H3. The summed E-state index contributed by atoms with van der Waals surface area (Å²) in [6.07, 6.45) is 1.99. The monoisotopic (exact) mass is 277 g/mol. The highest BCUT2D eigenvalue weighted by Crippen LogP contribution is 2.35. The zero-order valence-corrected chi connectivity index (χ0v) is 11.7. The van der Waals surface area contributed by atoms with Gasteiger partial charge in [-0.15, -0.1) is 0 Å². The average molecular weight is 277 g/mol. The number of sulfone groups is 1. The van der Waals surface area contributed by atoms with Crippen LogP contribution in [0, 0.1) is 5.92 Å². The fraction of sp³-hybridized carbons (Fsp3) is 1.00. The van der Waals surface area contributed by atoms with E-state index in [9.17, 15) is 8.42 Å². The van der Waals surface area contributed by atoms with E-state index in [0.29, 0.717) is 39.2 Å². The van der Waals surface area contributed by atoms with Gasteiger partial charge in [-0.25, -0.2) is 8.42 Å². The molecule has 0 amide bonds. The third-order valence-corrected chi connectivity index (χ3v) is 6.39. The van der Waals surface area contributed by atoms with Crippen molar-refractivity contribution in [1.82, 2.24) is 0 Å². The molecule has 5 nitrogen and oxygen atoms in total. The normalized spacial score (nSPS) is 34.9. The zero-order chi connectivity index (χ0) is 13.2. The molecule has 1 spiro atoms. The van der Waals surface area contributed by atoms with Gasteiger partial charge in [-0.2, -0.15) is 0 Å². The molecular weight excluding hydrogens is 254 g/mol. The third kappa shape index (κ3) is 3.04. The molecule has 0 aromatic rings. The van der Waals surface area contributed by atoms with Crippen LogP contribution in [0.15, 0.2) is 0 Å². The third-order valence-electron chi connectivity index (χ3n) is 3.94. The van der Waals surface area contributed by atoms with Crippen LogP contribution in [-0.2, 0) is 19.3 Å². The van der Waals surface area contributed by atoms with Gasteiger partial charge in [-0.1, -0.05) is 6.92 Å². The number of ether oxygens (including phenoxy) is 2. The molecule has 3 atom stereocenters. The van der Waals surface area contributed by atoms with E-state index in [2.05, 4.69) is 0 Å². The molecular formula is C12H23NO4S. The van der Waals surface area contributed by atoms with Crippen LogP contribution >= 0.6 is 0 Å². The SMILES string of the molecule is CC(CN)CS(=O)(=O)C1CCOC2(CCOC2)C1. The topological polar surface area (TPSA) is 78.6 Å². The smallest absolute Gasteiger partial charge is 0.153 e. The molecule has 0 aliphatic carbocycles. The molecule has 18 heavy (non-hydrogen) atoms. The molecule has 2 aliphatic heterocycles. The molecule has 0 radical (unpaired) electrons. The van der Waals surface area contributed by atoms with Crippen molar-refractivity contribution >= 4 is 9.84 Å². The van der Waals surface area contributed by atoms with Crippen LogP contribution in [0.4, 0.5) is 0 Å². The van der Waals surface area contributed by atoms with Crippen molar-refractivity contribution in [3.63, 3.8) is 0 Å². The Morgan fingerprint density at radius 3 is 2.83 bits per heavy atom. The first-order chi connectivity index (χ1) is 8.47. The Morgan fingerprint density at radius 1 is 1.44 bits per heavy atom. The Labute approximate surface area is 109 Å². The van der Waals surface area contributed by atoms with Gasteiger partial charge in [0.15, 0.2) is 9.84 Å². The summed E-state index contributed by atoms with van der Waals surface area (Å²) in [6.45, 7) is 4.02. The fourth-order valence-electron chi connectivity index (χ4n) is 2.75. The molecule has 2 rings (SSSR count). The minimum absolute atomic E-state index is 0.0219. The Hall–Kier alpha value is -0.170. The van der Waals surface area contributed by atoms with Crippen LogP contribution < -0.4 is 5.73 Å². The maximum Gasteiger partial charge on any atom is 0.153 e. The van der Waals surface area contributed by atoms with Gasteiger partial charge in [0, 0.05) is 19.6 Å². The summed E-state index contributed by atoms with van der Waals surface area (Å²) in [5.74, 6) is 0.207. The minimum atomic E-state index is -3.07. The Balaban J connectivity index is 2.04. The minimum Gasteiger partial charge on any atom is -0.378 e. The highest BCUT2D eigenvalue weighted by Gasteiger charge is 2.44. The highest BCUT2D eigenvalue weighted by atomic mass is 32.2. The molecule has 0 bridgehead atoms. The maximum atomic E-state index is 12.3. The van der Waals surface area contributed by atoms with E-state index in [0.717, 1.165) is 6.42 Å². The van der Waals surface area contributed by atoms with Gasteiger partial charge in [-0.05, 0) is 25.3 Å². The van der Waals surface area contributed by atoms with Gasteiger partial charge in [-0.3, -0.25) is 0 Å². The summed E-state index contributed by atoms with van der Waals surface area (Å²) in [7, 11) is -3.07. The highest BCUT2D eigenvalue weighted by molar-refractivity contribution is 7.92.